The molecule has 0 aliphatic rings. The first-order valence-electron chi connectivity index (χ1n) is 5.86. The van der Waals surface area contributed by atoms with Crippen LogP contribution in [0.2, 0.25) is 0 Å². The number of nitrogens with one attached hydrogen (secondary N) is 2. The SMILES string of the molecule is CC(C)NC(=O)C(NC(=O)C(C)C)C(C)C. The lowest BCUT2D eigenvalue weighted by atomic mass is 10.0. The van der Waals surface area contributed by atoms with Gasteiger partial charge in [0.1, 0.15) is 6.04 Å². The molecule has 0 aromatic rings. The van der Waals surface area contributed by atoms with Gasteiger partial charge in [0.25, 0.3) is 0 Å². The van der Waals surface area contributed by atoms with Gasteiger partial charge in [-0.15, -0.1) is 0 Å². The van der Waals surface area contributed by atoms with Crippen LogP contribution in [-0.4, -0.2) is 23.9 Å². The fraction of sp³-hybridized carbons (Fsp3) is 0.833. The van der Waals surface area contributed by atoms with Crippen LogP contribution in [0, 0.1) is 11.8 Å². The number of hydrogen-bond donors (Lipinski definition) is 2. The first-order chi connectivity index (χ1) is 7.25. The van der Waals surface area contributed by atoms with E-state index in [2.05, 4.69) is 10.6 Å². The van der Waals surface area contributed by atoms with Crippen molar-refractivity contribution < 1.29 is 9.59 Å². The third-order valence-corrected chi connectivity index (χ3v) is 2.20. The summed E-state index contributed by atoms with van der Waals surface area (Å²) in [5, 5.41) is 5.58. The topological polar surface area (TPSA) is 58.2 Å². The van der Waals surface area contributed by atoms with Crippen LogP contribution in [0.5, 0.6) is 0 Å². The summed E-state index contributed by atoms with van der Waals surface area (Å²) in [6.07, 6.45) is 0. The highest BCUT2D eigenvalue weighted by molar-refractivity contribution is 5.88. The van der Waals surface area contributed by atoms with E-state index < -0.39 is 6.04 Å². The van der Waals surface area contributed by atoms with E-state index in [1.165, 1.54) is 0 Å². The zero-order chi connectivity index (χ0) is 12.9. The molecule has 16 heavy (non-hydrogen) atoms. The number of amides is 2. The minimum absolute atomic E-state index is 0.0847. The number of hydrogen-bond acceptors (Lipinski definition) is 2. The van der Waals surface area contributed by atoms with E-state index in [1.807, 2.05) is 41.5 Å². The summed E-state index contributed by atoms with van der Waals surface area (Å²) < 4.78 is 0. The van der Waals surface area contributed by atoms with Gasteiger partial charge in [-0.3, -0.25) is 9.59 Å². The van der Waals surface area contributed by atoms with Gasteiger partial charge < -0.3 is 10.6 Å². The molecule has 0 radical (unpaired) electrons. The van der Waals surface area contributed by atoms with Crippen LogP contribution in [0.1, 0.15) is 41.5 Å². The third kappa shape index (κ3) is 5.14. The molecule has 0 aromatic heterocycles. The molecule has 4 nitrogen and oxygen atoms in total. The van der Waals surface area contributed by atoms with Crippen LogP contribution in [0.25, 0.3) is 0 Å². The Kier molecular flexibility index (Phi) is 6.08. The van der Waals surface area contributed by atoms with Crippen molar-refractivity contribution in [1.82, 2.24) is 10.6 Å². The van der Waals surface area contributed by atoms with Crippen molar-refractivity contribution >= 4 is 11.8 Å². The highest BCUT2D eigenvalue weighted by Gasteiger charge is 2.25. The van der Waals surface area contributed by atoms with Crippen molar-refractivity contribution in [3.05, 3.63) is 0 Å². The van der Waals surface area contributed by atoms with Crippen LogP contribution < -0.4 is 10.6 Å². The molecule has 4 heteroatoms. The maximum absolute atomic E-state index is 11.8. The van der Waals surface area contributed by atoms with E-state index in [0.29, 0.717) is 0 Å². The second-order valence-corrected chi connectivity index (χ2v) is 5.05. The van der Waals surface area contributed by atoms with E-state index in [0.717, 1.165) is 0 Å². The molecule has 1 atom stereocenters. The maximum Gasteiger partial charge on any atom is 0.243 e. The van der Waals surface area contributed by atoms with Crippen molar-refractivity contribution in [3.63, 3.8) is 0 Å². The Balaban J connectivity index is 4.50. The van der Waals surface area contributed by atoms with Crippen LogP contribution in [0.4, 0.5) is 0 Å². The van der Waals surface area contributed by atoms with E-state index in [9.17, 15) is 9.59 Å². The molecule has 2 N–H and O–H groups in total. The molecule has 0 aliphatic heterocycles. The fourth-order valence-corrected chi connectivity index (χ4v) is 1.23. The van der Waals surface area contributed by atoms with Gasteiger partial charge in [0.15, 0.2) is 0 Å². The minimum Gasteiger partial charge on any atom is -0.352 e. The van der Waals surface area contributed by atoms with Crippen LogP contribution in [-0.2, 0) is 9.59 Å². The van der Waals surface area contributed by atoms with Crippen molar-refractivity contribution in [2.75, 3.05) is 0 Å². The van der Waals surface area contributed by atoms with E-state index in [1.54, 1.807) is 0 Å². The van der Waals surface area contributed by atoms with Crippen molar-refractivity contribution in [3.8, 4) is 0 Å². The van der Waals surface area contributed by atoms with Gasteiger partial charge in [0, 0.05) is 12.0 Å². The molecule has 94 valence electrons. The summed E-state index contributed by atoms with van der Waals surface area (Å²) in [6.45, 7) is 11.3. The van der Waals surface area contributed by atoms with Crippen molar-refractivity contribution in [2.45, 2.75) is 53.6 Å². The van der Waals surface area contributed by atoms with Gasteiger partial charge in [-0.2, -0.15) is 0 Å². The molecule has 0 rings (SSSR count). The molecule has 0 bridgehead atoms. The van der Waals surface area contributed by atoms with Gasteiger partial charge in [0.2, 0.25) is 11.8 Å². The molecule has 0 heterocycles. The van der Waals surface area contributed by atoms with Gasteiger partial charge in [-0.05, 0) is 19.8 Å². The Bertz CT molecular complexity index is 247. The lowest BCUT2D eigenvalue weighted by Crippen LogP contribution is -2.52. The Labute approximate surface area is 98.2 Å². The Morgan fingerprint density at radius 1 is 0.812 bits per heavy atom. The lowest BCUT2D eigenvalue weighted by Gasteiger charge is -2.23. The fourth-order valence-electron chi connectivity index (χ4n) is 1.23. The zero-order valence-corrected chi connectivity index (χ0v) is 11.1. The molecule has 1 unspecified atom stereocenters. The molecule has 0 saturated heterocycles. The predicted molar refractivity (Wildman–Crippen MR) is 64.9 cm³/mol. The van der Waals surface area contributed by atoms with Gasteiger partial charge in [-0.25, -0.2) is 0 Å². The monoisotopic (exact) mass is 228 g/mol. The first kappa shape index (κ1) is 14.9. The maximum atomic E-state index is 11.8. The van der Waals surface area contributed by atoms with E-state index in [4.69, 9.17) is 0 Å². The Morgan fingerprint density at radius 3 is 1.62 bits per heavy atom. The summed E-state index contributed by atoms with van der Waals surface area (Å²) in [4.78, 5) is 23.4. The van der Waals surface area contributed by atoms with E-state index >= 15 is 0 Å². The van der Waals surface area contributed by atoms with Gasteiger partial charge in [-0.1, -0.05) is 27.7 Å². The number of rotatable bonds is 5. The number of carbonyl (C=O) groups excluding carboxylic acids is 2. The second-order valence-electron chi connectivity index (χ2n) is 5.05. The third-order valence-electron chi connectivity index (χ3n) is 2.20. The highest BCUT2D eigenvalue weighted by atomic mass is 16.2. The molecular weight excluding hydrogens is 204 g/mol. The normalized spacial score (nSPS) is 13.1. The van der Waals surface area contributed by atoms with Gasteiger partial charge in [0.05, 0.1) is 0 Å². The molecule has 0 fully saturated rings. The molecule has 0 spiro atoms. The average Bonchev–Trinajstić information content (AvgIpc) is 2.11. The summed E-state index contributed by atoms with van der Waals surface area (Å²) in [5.74, 6) is -0.217. The van der Waals surface area contributed by atoms with Crippen LogP contribution in [0.3, 0.4) is 0 Å². The second kappa shape index (κ2) is 6.51. The van der Waals surface area contributed by atoms with E-state index in [-0.39, 0.29) is 29.7 Å². The largest absolute Gasteiger partial charge is 0.352 e. The predicted octanol–water partition coefficient (Wildman–Crippen LogP) is 1.31. The van der Waals surface area contributed by atoms with Gasteiger partial charge >= 0.3 is 0 Å². The molecular formula is C12H24N2O2. The Hall–Kier alpha value is -1.06. The summed E-state index contributed by atoms with van der Waals surface area (Å²) >= 11 is 0. The molecule has 0 aliphatic carbocycles. The molecule has 0 aromatic carbocycles. The van der Waals surface area contributed by atoms with Crippen molar-refractivity contribution in [1.29, 1.82) is 0 Å². The van der Waals surface area contributed by atoms with Crippen LogP contribution in [0.15, 0.2) is 0 Å². The smallest absolute Gasteiger partial charge is 0.243 e. The minimum atomic E-state index is -0.447. The lowest BCUT2D eigenvalue weighted by molar-refractivity contribution is -0.131. The zero-order valence-electron chi connectivity index (χ0n) is 11.1. The molecule has 2 amide bonds. The van der Waals surface area contributed by atoms with Crippen LogP contribution >= 0.6 is 0 Å². The average molecular weight is 228 g/mol. The molecule has 0 saturated carbocycles. The summed E-state index contributed by atoms with van der Waals surface area (Å²) in [5.41, 5.74) is 0. The summed E-state index contributed by atoms with van der Waals surface area (Å²) in [7, 11) is 0. The highest BCUT2D eigenvalue weighted by Crippen LogP contribution is 2.04. The number of carbonyl (C=O) groups is 2. The van der Waals surface area contributed by atoms with Crippen molar-refractivity contribution in [2.24, 2.45) is 11.8 Å². The standard InChI is InChI=1S/C12H24N2O2/c1-7(2)10(12(16)13-9(5)6)14-11(15)8(3)4/h7-10H,1-6H3,(H,13,16)(H,14,15). The quantitative estimate of drug-likeness (QED) is 0.745. The summed E-state index contributed by atoms with van der Waals surface area (Å²) in [6, 6.07) is -0.359. The Morgan fingerprint density at radius 2 is 1.31 bits per heavy atom. The first-order valence-corrected chi connectivity index (χ1v) is 5.86.